The van der Waals surface area contributed by atoms with E-state index in [-0.39, 0.29) is 11.5 Å². The van der Waals surface area contributed by atoms with Crippen molar-refractivity contribution >= 4 is 43.9 Å². The van der Waals surface area contributed by atoms with Gasteiger partial charge in [0.05, 0.1) is 15.8 Å². The summed E-state index contributed by atoms with van der Waals surface area (Å²) >= 11 is 1.36. The van der Waals surface area contributed by atoms with E-state index in [1.165, 1.54) is 16.9 Å². The molecule has 0 saturated heterocycles. The van der Waals surface area contributed by atoms with Crippen LogP contribution in [0.15, 0.2) is 59.4 Å². The van der Waals surface area contributed by atoms with Gasteiger partial charge in [-0.25, -0.2) is 0 Å². The number of hydrogen-bond acceptors (Lipinski definition) is 3. The highest BCUT2D eigenvalue weighted by molar-refractivity contribution is 7.21. The number of aromatic nitrogens is 1. The Hall–Kier alpha value is -2.92. The number of thiophene rings is 1. The number of fused-ring (bicyclic) bond motifs is 3. The van der Waals surface area contributed by atoms with Crippen molar-refractivity contribution in [2.45, 2.75) is 13.3 Å². The molecule has 2 aromatic carbocycles. The van der Waals surface area contributed by atoms with Gasteiger partial charge in [-0.15, -0.1) is 11.3 Å². The molecule has 0 aliphatic rings. The molecule has 0 bridgehead atoms. The van der Waals surface area contributed by atoms with Gasteiger partial charge in [-0.1, -0.05) is 37.3 Å². The Bertz CT molecular complexity index is 1200. The molecule has 0 aliphatic heterocycles. The lowest BCUT2D eigenvalue weighted by Crippen LogP contribution is -2.16. The van der Waals surface area contributed by atoms with Gasteiger partial charge in [0.1, 0.15) is 0 Å². The van der Waals surface area contributed by atoms with Crippen LogP contribution in [0.1, 0.15) is 22.2 Å². The second-order valence-electron chi connectivity index (χ2n) is 6.24. The summed E-state index contributed by atoms with van der Waals surface area (Å²) in [5.74, 6) is -0.189. The summed E-state index contributed by atoms with van der Waals surface area (Å²) in [6, 6.07) is 17.3. The molecule has 130 valence electrons. The van der Waals surface area contributed by atoms with Gasteiger partial charge in [0, 0.05) is 22.8 Å². The van der Waals surface area contributed by atoms with Crippen LogP contribution in [-0.2, 0) is 13.5 Å². The number of carbonyl (C=O) groups excluding carboxylic acids is 1. The second-order valence-corrected chi connectivity index (χ2v) is 7.30. The first kappa shape index (κ1) is 16.5. The monoisotopic (exact) mass is 362 g/mol. The minimum atomic E-state index is -0.189. The fourth-order valence-electron chi connectivity index (χ4n) is 3.17. The Morgan fingerprint density at radius 3 is 2.69 bits per heavy atom. The Morgan fingerprint density at radius 2 is 1.88 bits per heavy atom. The lowest BCUT2D eigenvalue weighted by atomic mass is 10.1. The summed E-state index contributed by atoms with van der Waals surface area (Å²) in [5.41, 5.74) is 2.72. The van der Waals surface area contributed by atoms with E-state index in [2.05, 4.69) is 12.2 Å². The zero-order valence-electron chi connectivity index (χ0n) is 14.6. The number of amides is 1. The molecule has 0 saturated carbocycles. The molecule has 26 heavy (non-hydrogen) atoms. The van der Waals surface area contributed by atoms with Crippen molar-refractivity contribution in [1.82, 2.24) is 4.57 Å². The van der Waals surface area contributed by atoms with Gasteiger partial charge in [0.15, 0.2) is 0 Å². The average Bonchev–Trinajstić information content (AvgIpc) is 3.12. The van der Waals surface area contributed by atoms with E-state index in [0.29, 0.717) is 10.3 Å². The molecule has 0 aliphatic carbocycles. The summed E-state index contributed by atoms with van der Waals surface area (Å²) in [4.78, 5) is 25.9. The Morgan fingerprint density at radius 1 is 1.08 bits per heavy atom. The van der Waals surface area contributed by atoms with Crippen molar-refractivity contribution < 1.29 is 4.79 Å². The molecule has 2 aromatic heterocycles. The number of aryl methyl sites for hydroxylation is 2. The van der Waals surface area contributed by atoms with Crippen LogP contribution in [0.2, 0.25) is 0 Å². The van der Waals surface area contributed by atoms with E-state index >= 15 is 0 Å². The number of nitrogens with zero attached hydrogens (tertiary/aromatic N) is 1. The topological polar surface area (TPSA) is 51.1 Å². The normalized spacial score (nSPS) is 11.2. The summed E-state index contributed by atoms with van der Waals surface area (Å²) < 4.78 is 2.49. The largest absolute Gasteiger partial charge is 0.321 e. The molecule has 0 fully saturated rings. The van der Waals surface area contributed by atoms with Crippen molar-refractivity contribution in [3.63, 3.8) is 0 Å². The van der Waals surface area contributed by atoms with E-state index in [0.717, 1.165) is 27.7 Å². The maximum absolute atomic E-state index is 12.7. The molecule has 0 unspecified atom stereocenters. The summed E-state index contributed by atoms with van der Waals surface area (Å²) in [6.45, 7) is 2.08. The standard InChI is InChI=1S/C21H18N2O2S/c1-3-13-7-6-8-14(11-13)22-20(24)18-12-16-19(26-18)15-9-4-5-10-17(15)23(2)21(16)25/h4-12H,3H2,1-2H3,(H,22,24). The molecule has 4 nitrogen and oxygen atoms in total. The third kappa shape index (κ3) is 2.70. The number of nitrogens with one attached hydrogen (secondary N) is 1. The van der Waals surface area contributed by atoms with Gasteiger partial charge in [-0.2, -0.15) is 0 Å². The molecule has 0 spiro atoms. The molecule has 4 rings (SSSR count). The Kier molecular flexibility index (Phi) is 4.09. The third-order valence-corrected chi connectivity index (χ3v) is 5.76. The highest BCUT2D eigenvalue weighted by Gasteiger charge is 2.16. The fourth-order valence-corrected chi connectivity index (χ4v) is 4.25. The lowest BCUT2D eigenvalue weighted by molar-refractivity contribution is 0.103. The summed E-state index contributed by atoms with van der Waals surface area (Å²) in [5, 5.41) is 4.51. The molecule has 1 N–H and O–H groups in total. The molecule has 4 aromatic rings. The van der Waals surface area contributed by atoms with Gasteiger partial charge >= 0.3 is 0 Å². The number of pyridine rings is 1. The van der Waals surface area contributed by atoms with Crippen molar-refractivity contribution in [3.8, 4) is 0 Å². The van der Waals surface area contributed by atoms with Crippen molar-refractivity contribution in [3.05, 3.63) is 75.4 Å². The van der Waals surface area contributed by atoms with Gasteiger partial charge < -0.3 is 9.88 Å². The van der Waals surface area contributed by atoms with Crippen LogP contribution in [0.4, 0.5) is 5.69 Å². The minimum Gasteiger partial charge on any atom is -0.321 e. The van der Waals surface area contributed by atoms with E-state index < -0.39 is 0 Å². The van der Waals surface area contributed by atoms with Crippen LogP contribution < -0.4 is 10.9 Å². The van der Waals surface area contributed by atoms with Crippen LogP contribution >= 0.6 is 11.3 Å². The van der Waals surface area contributed by atoms with E-state index in [1.807, 2.05) is 48.5 Å². The van der Waals surface area contributed by atoms with Gasteiger partial charge in [-0.05, 0) is 36.2 Å². The zero-order chi connectivity index (χ0) is 18.3. The number of hydrogen-bond donors (Lipinski definition) is 1. The number of anilines is 1. The highest BCUT2D eigenvalue weighted by atomic mass is 32.1. The zero-order valence-corrected chi connectivity index (χ0v) is 15.4. The number of carbonyl (C=O) groups is 1. The molecule has 0 atom stereocenters. The lowest BCUT2D eigenvalue weighted by Gasteiger charge is -2.05. The van der Waals surface area contributed by atoms with E-state index in [4.69, 9.17) is 0 Å². The highest BCUT2D eigenvalue weighted by Crippen LogP contribution is 2.30. The molecule has 0 radical (unpaired) electrons. The van der Waals surface area contributed by atoms with Crippen LogP contribution in [0, 0.1) is 0 Å². The molecule has 1 amide bonds. The van der Waals surface area contributed by atoms with Gasteiger partial charge in [-0.3, -0.25) is 9.59 Å². The fraction of sp³-hybridized carbons (Fsp3) is 0.143. The Balaban J connectivity index is 1.80. The predicted molar refractivity (Wildman–Crippen MR) is 108 cm³/mol. The number of para-hydroxylation sites is 1. The van der Waals surface area contributed by atoms with Crippen LogP contribution in [0.5, 0.6) is 0 Å². The van der Waals surface area contributed by atoms with Crippen molar-refractivity contribution in [1.29, 1.82) is 0 Å². The molecule has 2 heterocycles. The molecular formula is C21H18N2O2S. The first-order valence-electron chi connectivity index (χ1n) is 8.50. The maximum atomic E-state index is 12.7. The summed E-state index contributed by atoms with van der Waals surface area (Å²) in [7, 11) is 1.76. The average molecular weight is 362 g/mol. The Labute approximate surface area is 154 Å². The molecular weight excluding hydrogens is 344 g/mol. The summed E-state index contributed by atoms with van der Waals surface area (Å²) in [6.07, 6.45) is 0.911. The maximum Gasteiger partial charge on any atom is 0.265 e. The van der Waals surface area contributed by atoms with Crippen LogP contribution in [0.25, 0.3) is 21.0 Å². The first-order chi connectivity index (χ1) is 12.6. The van der Waals surface area contributed by atoms with E-state index in [1.54, 1.807) is 17.7 Å². The number of rotatable bonds is 3. The van der Waals surface area contributed by atoms with Crippen LogP contribution in [0.3, 0.4) is 0 Å². The third-order valence-electron chi connectivity index (χ3n) is 4.59. The van der Waals surface area contributed by atoms with Crippen LogP contribution in [-0.4, -0.2) is 10.5 Å². The van der Waals surface area contributed by atoms with Gasteiger partial charge in [0.2, 0.25) is 0 Å². The molecule has 5 heteroatoms. The van der Waals surface area contributed by atoms with Gasteiger partial charge in [0.25, 0.3) is 11.5 Å². The smallest absolute Gasteiger partial charge is 0.265 e. The van der Waals surface area contributed by atoms with E-state index in [9.17, 15) is 9.59 Å². The number of benzene rings is 2. The predicted octanol–water partition coefficient (Wildman–Crippen LogP) is 4.57. The van der Waals surface area contributed by atoms with Crippen molar-refractivity contribution in [2.75, 3.05) is 5.32 Å². The second kappa shape index (κ2) is 6.42. The minimum absolute atomic E-state index is 0.0815. The quantitative estimate of drug-likeness (QED) is 0.580. The van der Waals surface area contributed by atoms with Crippen molar-refractivity contribution in [2.24, 2.45) is 7.05 Å². The first-order valence-corrected chi connectivity index (χ1v) is 9.31. The SMILES string of the molecule is CCc1cccc(NC(=O)c2cc3c(=O)n(C)c4ccccc4c3s2)c1.